The van der Waals surface area contributed by atoms with Gasteiger partial charge in [0.1, 0.15) is 12.4 Å². The van der Waals surface area contributed by atoms with E-state index in [1.165, 1.54) is 0 Å². The van der Waals surface area contributed by atoms with Crippen molar-refractivity contribution in [2.45, 2.75) is 31.5 Å². The van der Waals surface area contributed by atoms with Crippen LogP contribution in [0.25, 0.3) is 0 Å². The van der Waals surface area contributed by atoms with Gasteiger partial charge in [0.05, 0.1) is 24.3 Å². The maximum atomic E-state index is 12.8. The van der Waals surface area contributed by atoms with Crippen molar-refractivity contribution in [3.8, 4) is 5.75 Å². The van der Waals surface area contributed by atoms with E-state index in [0.29, 0.717) is 44.0 Å². The Morgan fingerprint density at radius 3 is 2.41 bits per heavy atom. The first-order valence-electron chi connectivity index (χ1n) is 10.7. The molecule has 32 heavy (non-hydrogen) atoms. The topological polar surface area (TPSA) is 108 Å². The lowest BCUT2D eigenvalue weighted by Crippen LogP contribution is -2.48. The van der Waals surface area contributed by atoms with Crippen LogP contribution in [-0.2, 0) is 11.3 Å². The number of carboxylic acids is 1. The highest BCUT2D eigenvalue weighted by Crippen LogP contribution is 2.17. The Morgan fingerprint density at radius 1 is 1.06 bits per heavy atom. The van der Waals surface area contributed by atoms with Gasteiger partial charge in [0.25, 0.3) is 5.91 Å². The maximum Gasteiger partial charge on any atom is 0.335 e. The number of aliphatic hydroxyl groups is 1. The molecule has 2 atom stereocenters. The minimum Gasteiger partial charge on any atom is -0.491 e. The predicted molar refractivity (Wildman–Crippen MR) is 119 cm³/mol. The summed E-state index contributed by atoms with van der Waals surface area (Å²) in [5, 5.41) is 22.6. The number of carboxylic acid groups (broad SMARTS) is 1. The second-order valence-electron chi connectivity index (χ2n) is 7.89. The largest absolute Gasteiger partial charge is 0.491 e. The number of nitrogens with one attached hydrogen (secondary N) is 1. The molecule has 8 heteroatoms. The van der Waals surface area contributed by atoms with Crippen LogP contribution in [0.3, 0.4) is 0 Å². The molecule has 0 saturated carbocycles. The van der Waals surface area contributed by atoms with Crippen LogP contribution < -0.4 is 10.1 Å². The molecule has 3 rings (SSSR count). The van der Waals surface area contributed by atoms with Gasteiger partial charge in [-0.1, -0.05) is 12.1 Å². The van der Waals surface area contributed by atoms with Gasteiger partial charge in [-0.05, 0) is 61.3 Å². The quantitative estimate of drug-likeness (QED) is 0.511. The Bertz CT molecular complexity index is 884. The van der Waals surface area contributed by atoms with E-state index in [2.05, 4.69) is 10.2 Å². The number of hydrogen-bond acceptors (Lipinski definition) is 6. The number of benzene rings is 2. The summed E-state index contributed by atoms with van der Waals surface area (Å²) in [7, 11) is 1.61. The molecule has 0 spiro atoms. The number of ether oxygens (including phenoxy) is 2. The summed E-state index contributed by atoms with van der Waals surface area (Å²) in [6.07, 6.45) is 0.787. The third-order valence-electron chi connectivity index (χ3n) is 5.49. The Morgan fingerprint density at radius 2 is 1.75 bits per heavy atom. The van der Waals surface area contributed by atoms with Gasteiger partial charge in [0.2, 0.25) is 0 Å². The third-order valence-corrected chi connectivity index (χ3v) is 5.49. The van der Waals surface area contributed by atoms with E-state index in [1.54, 1.807) is 55.6 Å². The zero-order valence-corrected chi connectivity index (χ0v) is 18.2. The van der Waals surface area contributed by atoms with Crippen molar-refractivity contribution in [2.24, 2.45) is 0 Å². The first-order chi connectivity index (χ1) is 15.5. The van der Waals surface area contributed by atoms with Gasteiger partial charge in [-0.2, -0.15) is 0 Å². The maximum absolute atomic E-state index is 12.8. The number of likely N-dealkylation sites (tertiary alicyclic amines) is 1. The normalized spacial score (nSPS) is 19.2. The monoisotopic (exact) mass is 442 g/mol. The van der Waals surface area contributed by atoms with Crippen molar-refractivity contribution in [1.29, 1.82) is 0 Å². The van der Waals surface area contributed by atoms with E-state index >= 15 is 0 Å². The van der Waals surface area contributed by atoms with Crippen LogP contribution in [0.2, 0.25) is 0 Å². The molecule has 0 radical (unpaired) electrons. The number of carbonyl (C=O) groups is 2. The van der Waals surface area contributed by atoms with Gasteiger partial charge in [-0.15, -0.1) is 0 Å². The van der Waals surface area contributed by atoms with Crippen LogP contribution in [0.15, 0.2) is 48.5 Å². The van der Waals surface area contributed by atoms with Crippen LogP contribution >= 0.6 is 0 Å². The first-order valence-corrected chi connectivity index (χ1v) is 10.7. The number of hydrogen-bond donors (Lipinski definition) is 3. The molecule has 0 aromatic heterocycles. The van der Waals surface area contributed by atoms with Crippen molar-refractivity contribution >= 4 is 11.9 Å². The number of aliphatic hydroxyl groups excluding tert-OH is 1. The molecule has 1 saturated heterocycles. The van der Waals surface area contributed by atoms with E-state index in [9.17, 15) is 14.7 Å². The highest BCUT2D eigenvalue weighted by Gasteiger charge is 2.27. The average molecular weight is 443 g/mol. The minimum atomic E-state index is -0.952. The molecule has 1 heterocycles. The number of carbonyl (C=O) groups excluding carboxylic acids is 1. The lowest BCUT2D eigenvalue weighted by Gasteiger charge is -2.27. The van der Waals surface area contributed by atoms with Crippen molar-refractivity contribution in [2.75, 3.05) is 33.4 Å². The molecular formula is C24H30N2O6. The fourth-order valence-electron chi connectivity index (χ4n) is 3.71. The fourth-order valence-corrected chi connectivity index (χ4v) is 3.71. The molecule has 1 fully saturated rings. The van der Waals surface area contributed by atoms with Crippen LogP contribution in [0.5, 0.6) is 5.75 Å². The molecule has 2 unspecified atom stereocenters. The van der Waals surface area contributed by atoms with E-state index in [1.807, 2.05) is 0 Å². The number of nitrogens with zero attached hydrogens (tertiary/aromatic N) is 1. The molecule has 1 amide bonds. The van der Waals surface area contributed by atoms with Crippen molar-refractivity contribution in [3.05, 3.63) is 65.2 Å². The van der Waals surface area contributed by atoms with Crippen molar-refractivity contribution in [3.63, 3.8) is 0 Å². The highest BCUT2D eigenvalue weighted by molar-refractivity contribution is 5.94. The fraction of sp³-hybridized carbons (Fsp3) is 0.417. The Labute approximate surface area is 187 Å². The van der Waals surface area contributed by atoms with Crippen molar-refractivity contribution < 1.29 is 29.3 Å². The summed E-state index contributed by atoms with van der Waals surface area (Å²) >= 11 is 0. The number of amides is 1. The zero-order valence-electron chi connectivity index (χ0n) is 18.2. The highest BCUT2D eigenvalue weighted by atomic mass is 16.5. The number of methoxy groups -OCH3 is 1. The van der Waals surface area contributed by atoms with Crippen molar-refractivity contribution in [1.82, 2.24) is 10.2 Å². The first kappa shape index (κ1) is 23.7. The summed E-state index contributed by atoms with van der Waals surface area (Å²) in [6, 6.07) is 13.2. The molecule has 0 bridgehead atoms. The standard InChI is InChI=1S/C24H30N2O6/c1-31-13-14-32-20-10-8-18(9-11-20)23(28)25-21-16-26(12-2-3-22(21)27)15-17-4-6-19(7-5-17)24(29)30/h4-11,21-22,27H,2-3,12-16H2,1H3,(H,25,28)(H,29,30). The van der Waals surface area contributed by atoms with E-state index in [0.717, 1.165) is 18.5 Å². The van der Waals surface area contributed by atoms with Gasteiger partial charge >= 0.3 is 5.97 Å². The molecule has 172 valence electrons. The summed E-state index contributed by atoms with van der Waals surface area (Å²) in [6.45, 7) is 2.84. The van der Waals surface area contributed by atoms with Gasteiger partial charge < -0.3 is 25.0 Å². The second-order valence-corrected chi connectivity index (χ2v) is 7.89. The van der Waals surface area contributed by atoms with E-state index in [-0.39, 0.29) is 11.5 Å². The minimum absolute atomic E-state index is 0.245. The number of rotatable bonds is 9. The molecular weight excluding hydrogens is 412 g/mol. The van der Waals surface area contributed by atoms with Crippen LogP contribution in [0.1, 0.15) is 39.1 Å². The smallest absolute Gasteiger partial charge is 0.335 e. The summed E-state index contributed by atoms with van der Waals surface area (Å²) in [5.74, 6) is -0.537. The summed E-state index contributed by atoms with van der Waals surface area (Å²) < 4.78 is 10.5. The molecule has 2 aromatic carbocycles. The molecule has 1 aliphatic rings. The Balaban J connectivity index is 1.59. The SMILES string of the molecule is COCCOc1ccc(C(=O)NC2CN(Cc3ccc(C(=O)O)cc3)CCCC2O)cc1. The van der Waals surface area contributed by atoms with Crippen LogP contribution in [0.4, 0.5) is 0 Å². The predicted octanol–water partition coefficient (Wildman–Crippen LogP) is 2.17. The molecule has 1 aliphatic heterocycles. The van der Waals surface area contributed by atoms with Gasteiger partial charge in [-0.3, -0.25) is 9.69 Å². The second kappa shape index (κ2) is 11.6. The molecule has 2 aromatic rings. The summed E-state index contributed by atoms with van der Waals surface area (Å²) in [4.78, 5) is 26.0. The molecule has 0 aliphatic carbocycles. The Hall–Kier alpha value is -2.94. The lowest BCUT2D eigenvalue weighted by atomic mass is 10.1. The zero-order chi connectivity index (χ0) is 22.9. The average Bonchev–Trinajstić information content (AvgIpc) is 2.95. The third kappa shape index (κ3) is 6.78. The summed E-state index contributed by atoms with van der Waals surface area (Å²) in [5.41, 5.74) is 1.73. The number of aromatic carboxylic acids is 1. The van der Waals surface area contributed by atoms with Crippen LogP contribution in [-0.4, -0.2) is 72.5 Å². The van der Waals surface area contributed by atoms with Gasteiger partial charge in [0, 0.05) is 25.8 Å². The molecule has 8 nitrogen and oxygen atoms in total. The van der Waals surface area contributed by atoms with Crippen LogP contribution in [0, 0.1) is 0 Å². The van der Waals surface area contributed by atoms with E-state index < -0.39 is 18.1 Å². The van der Waals surface area contributed by atoms with Gasteiger partial charge in [0.15, 0.2) is 0 Å². The lowest BCUT2D eigenvalue weighted by molar-refractivity contribution is 0.0696. The van der Waals surface area contributed by atoms with Gasteiger partial charge in [-0.25, -0.2) is 4.79 Å². The van der Waals surface area contributed by atoms with E-state index in [4.69, 9.17) is 14.6 Å². The Kier molecular flexibility index (Phi) is 8.61. The molecule has 3 N–H and O–H groups in total.